The van der Waals surface area contributed by atoms with Gasteiger partial charge in [0.2, 0.25) is 0 Å². The quantitative estimate of drug-likeness (QED) is 0.480. The lowest BCUT2D eigenvalue weighted by molar-refractivity contribution is 0.0472. The lowest BCUT2D eigenvalue weighted by Crippen LogP contribution is -2.28. The predicted molar refractivity (Wildman–Crippen MR) is 99.9 cm³/mol. The van der Waals surface area contributed by atoms with Crippen molar-refractivity contribution in [3.63, 3.8) is 0 Å². The van der Waals surface area contributed by atoms with Crippen molar-refractivity contribution < 1.29 is 23.5 Å². The van der Waals surface area contributed by atoms with Crippen LogP contribution in [0, 0.1) is 0 Å². The summed E-state index contributed by atoms with van der Waals surface area (Å²) < 4.78 is 10.5. The van der Waals surface area contributed by atoms with Crippen LogP contribution in [0.2, 0.25) is 5.02 Å². The van der Waals surface area contributed by atoms with Crippen LogP contribution in [0.25, 0.3) is 0 Å². The van der Waals surface area contributed by atoms with Gasteiger partial charge in [-0.2, -0.15) is 0 Å². The van der Waals surface area contributed by atoms with E-state index in [2.05, 4.69) is 0 Å². The average Bonchev–Trinajstić information content (AvgIpc) is 3.30. The Morgan fingerprint density at radius 1 is 1.00 bits per heavy atom. The summed E-state index contributed by atoms with van der Waals surface area (Å²) in [7, 11) is 0. The van der Waals surface area contributed by atoms with E-state index in [4.69, 9.17) is 20.8 Å². The molecular formula is C21H14ClNO5. The van der Waals surface area contributed by atoms with E-state index < -0.39 is 17.8 Å². The number of benzene rings is 2. The maximum absolute atomic E-state index is 12.6. The maximum Gasteiger partial charge on any atom is 0.338 e. The summed E-state index contributed by atoms with van der Waals surface area (Å²) in [6.45, 7) is 0.111. The monoisotopic (exact) mass is 395 g/mol. The minimum Gasteiger partial charge on any atom is -0.467 e. The van der Waals surface area contributed by atoms with E-state index in [9.17, 15) is 14.4 Å². The third kappa shape index (κ3) is 3.42. The zero-order chi connectivity index (χ0) is 19.7. The van der Waals surface area contributed by atoms with Crippen LogP contribution in [0.5, 0.6) is 0 Å². The zero-order valence-electron chi connectivity index (χ0n) is 14.6. The van der Waals surface area contributed by atoms with Crippen LogP contribution < -0.4 is 0 Å². The minimum absolute atomic E-state index is 0.0374. The van der Waals surface area contributed by atoms with Crippen LogP contribution in [0.1, 0.15) is 42.4 Å². The van der Waals surface area contributed by atoms with Gasteiger partial charge in [-0.25, -0.2) is 4.79 Å². The van der Waals surface area contributed by atoms with E-state index in [-0.39, 0.29) is 29.8 Å². The summed E-state index contributed by atoms with van der Waals surface area (Å²) in [5.41, 5.74) is 1.42. The van der Waals surface area contributed by atoms with E-state index in [0.717, 1.165) is 10.5 Å². The number of hydrogen-bond acceptors (Lipinski definition) is 5. The standard InChI is InChI=1S/C21H14ClNO5/c22-15-6-3-13(4-7-15)12-28-21(26)14-5-8-17-18(10-14)20(25)23(19(17)24)11-16-2-1-9-27-16/h1-10H,11-12H2. The molecule has 2 aromatic carbocycles. The third-order valence-corrected chi connectivity index (χ3v) is 4.64. The second-order valence-corrected chi connectivity index (χ2v) is 6.68. The molecule has 28 heavy (non-hydrogen) atoms. The highest BCUT2D eigenvalue weighted by molar-refractivity contribution is 6.30. The van der Waals surface area contributed by atoms with E-state index in [1.54, 1.807) is 36.4 Å². The SMILES string of the molecule is O=C(OCc1ccc(Cl)cc1)c1ccc2c(c1)C(=O)N(Cc1ccco1)C2=O. The number of halogens is 1. The first-order valence-electron chi connectivity index (χ1n) is 8.47. The number of imide groups is 1. The molecule has 0 saturated carbocycles. The van der Waals surface area contributed by atoms with Gasteiger partial charge >= 0.3 is 5.97 Å². The first kappa shape index (κ1) is 18.0. The van der Waals surface area contributed by atoms with E-state index in [0.29, 0.717) is 10.8 Å². The van der Waals surface area contributed by atoms with Gasteiger partial charge in [-0.1, -0.05) is 23.7 Å². The summed E-state index contributed by atoms with van der Waals surface area (Å²) >= 11 is 5.83. The molecule has 0 N–H and O–H groups in total. The molecule has 0 fully saturated rings. The van der Waals surface area contributed by atoms with Crippen molar-refractivity contribution in [2.24, 2.45) is 0 Å². The van der Waals surface area contributed by atoms with Crippen LogP contribution in [-0.4, -0.2) is 22.7 Å². The highest BCUT2D eigenvalue weighted by Crippen LogP contribution is 2.26. The molecule has 0 saturated heterocycles. The molecule has 2 amide bonds. The molecule has 0 aliphatic carbocycles. The van der Waals surface area contributed by atoms with Gasteiger partial charge < -0.3 is 9.15 Å². The Morgan fingerprint density at radius 2 is 1.75 bits per heavy atom. The number of ether oxygens (including phenoxy) is 1. The molecule has 7 heteroatoms. The number of esters is 1. The largest absolute Gasteiger partial charge is 0.467 e. The molecule has 0 bridgehead atoms. The van der Waals surface area contributed by atoms with Gasteiger partial charge in [-0.15, -0.1) is 0 Å². The Bertz CT molecular complexity index is 1060. The molecule has 1 aromatic heterocycles. The Morgan fingerprint density at radius 3 is 2.46 bits per heavy atom. The van der Waals surface area contributed by atoms with Crippen molar-refractivity contribution in [2.75, 3.05) is 0 Å². The number of rotatable bonds is 5. The van der Waals surface area contributed by atoms with Crippen LogP contribution in [-0.2, 0) is 17.9 Å². The number of hydrogen-bond donors (Lipinski definition) is 0. The molecule has 1 aliphatic heterocycles. The minimum atomic E-state index is -0.581. The Hall–Kier alpha value is -3.38. The second kappa shape index (κ2) is 7.32. The third-order valence-electron chi connectivity index (χ3n) is 4.38. The number of fused-ring (bicyclic) bond motifs is 1. The number of carbonyl (C=O) groups excluding carboxylic acids is 3. The molecule has 1 aliphatic rings. The number of carbonyl (C=O) groups is 3. The summed E-state index contributed by atoms with van der Waals surface area (Å²) in [6, 6.07) is 14.6. The second-order valence-electron chi connectivity index (χ2n) is 6.24. The molecule has 0 radical (unpaired) electrons. The Balaban J connectivity index is 1.49. The molecular weight excluding hydrogens is 382 g/mol. The number of furan rings is 1. The van der Waals surface area contributed by atoms with Crippen molar-refractivity contribution in [2.45, 2.75) is 13.2 Å². The molecule has 0 atom stereocenters. The smallest absolute Gasteiger partial charge is 0.338 e. The van der Waals surface area contributed by atoms with Gasteiger partial charge in [0.25, 0.3) is 11.8 Å². The van der Waals surface area contributed by atoms with E-state index >= 15 is 0 Å². The van der Waals surface area contributed by atoms with Gasteiger partial charge in [-0.05, 0) is 48.0 Å². The van der Waals surface area contributed by atoms with Crippen molar-refractivity contribution in [3.05, 3.63) is 93.9 Å². The summed E-state index contributed by atoms with van der Waals surface area (Å²) in [6.07, 6.45) is 1.47. The lowest BCUT2D eigenvalue weighted by Gasteiger charge is -2.11. The predicted octanol–water partition coefficient (Wildman–Crippen LogP) is 4.09. The first-order valence-corrected chi connectivity index (χ1v) is 8.85. The normalized spacial score (nSPS) is 13.0. The fourth-order valence-electron chi connectivity index (χ4n) is 2.93. The highest BCUT2D eigenvalue weighted by Gasteiger charge is 2.36. The maximum atomic E-state index is 12.6. The molecule has 2 heterocycles. The van der Waals surface area contributed by atoms with Crippen LogP contribution in [0.4, 0.5) is 0 Å². The molecule has 140 valence electrons. The van der Waals surface area contributed by atoms with Crippen molar-refractivity contribution in [3.8, 4) is 0 Å². The number of nitrogens with zero attached hydrogens (tertiary/aromatic N) is 1. The molecule has 0 unspecified atom stereocenters. The van der Waals surface area contributed by atoms with Crippen molar-refractivity contribution in [1.29, 1.82) is 0 Å². The van der Waals surface area contributed by atoms with Gasteiger partial charge in [-0.3, -0.25) is 14.5 Å². The average molecular weight is 396 g/mol. The van der Waals surface area contributed by atoms with Gasteiger partial charge in [0.1, 0.15) is 12.4 Å². The van der Waals surface area contributed by atoms with Gasteiger partial charge in [0.15, 0.2) is 0 Å². The molecule has 0 spiro atoms. The van der Waals surface area contributed by atoms with Crippen LogP contribution in [0.15, 0.2) is 65.3 Å². The van der Waals surface area contributed by atoms with Crippen molar-refractivity contribution in [1.82, 2.24) is 4.90 Å². The Kier molecular flexibility index (Phi) is 4.71. The molecule has 3 aromatic rings. The van der Waals surface area contributed by atoms with E-state index in [1.165, 1.54) is 24.5 Å². The topological polar surface area (TPSA) is 76.8 Å². The Labute approximate surface area is 165 Å². The lowest BCUT2D eigenvalue weighted by atomic mass is 10.1. The van der Waals surface area contributed by atoms with E-state index in [1.807, 2.05) is 0 Å². The summed E-state index contributed by atoms with van der Waals surface area (Å²) in [5, 5.41) is 0.594. The van der Waals surface area contributed by atoms with Crippen LogP contribution in [0.3, 0.4) is 0 Å². The molecule has 6 nitrogen and oxygen atoms in total. The summed E-state index contributed by atoms with van der Waals surface area (Å²) in [5.74, 6) is -0.971. The number of amides is 2. The van der Waals surface area contributed by atoms with Gasteiger partial charge in [0, 0.05) is 5.02 Å². The molecule has 4 rings (SSSR count). The van der Waals surface area contributed by atoms with Crippen LogP contribution >= 0.6 is 11.6 Å². The highest BCUT2D eigenvalue weighted by atomic mass is 35.5. The zero-order valence-corrected chi connectivity index (χ0v) is 15.3. The van der Waals surface area contributed by atoms with Gasteiger partial charge in [0.05, 0.1) is 29.5 Å². The fourth-order valence-corrected chi connectivity index (χ4v) is 3.06. The van der Waals surface area contributed by atoms with Crippen molar-refractivity contribution >= 4 is 29.4 Å². The first-order chi connectivity index (χ1) is 13.5. The summed E-state index contributed by atoms with van der Waals surface area (Å²) in [4.78, 5) is 38.5. The fraction of sp³-hybridized carbons (Fsp3) is 0.0952.